The van der Waals surface area contributed by atoms with E-state index in [1.165, 1.54) is 6.07 Å². The Labute approximate surface area is 112 Å². The number of nitrogens with one attached hydrogen (secondary N) is 1. The van der Waals surface area contributed by atoms with Gasteiger partial charge in [-0.15, -0.1) is 0 Å². The van der Waals surface area contributed by atoms with Crippen LogP contribution in [0.1, 0.15) is 37.6 Å². The summed E-state index contributed by atoms with van der Waals surface area (Å²) in [6.45, 7) is 6.40. The summed E-state index contributed by atoms with van der Waals surface area (Å²) in [6, 6.07) is 3.15. The molecule has 0 bridgehead atoms. The zero-order valence-electron chi connectivity index (χ0n) is 11.5. The maximum atomic E-state index is 13.1. The molecule has 0 aliphatic carbocycles. The lowest BCUT2D eigenvalue weighted by Crippen LogP contribution is -2.44. The predicted octanol–water partition coefficient (Wildman–Crippen LogP) is 2.02. The minimum absolute atomic E-state index is 0.0636. The number of aromatic hydroxyl groups is 1. The SMILES string of the molecule is CC(C)(C)C(CCN)NC(=O)c1cc(F)ccc1O. The second-order valence-corrected chi connectivity index (χ2v) is 5.63. The smallest absolute Gasteiger partial charge is 0.255 e. The normalized spacial score (nSPS) is 13.1. The van der Waals surface area contributed by atoms with Gasteiger partial charge in [-0.25, -0.2) is 4.39 Å². The Balaban J connectivity index is 2.91. The molecule has 0 fully saturated rings. The highest BCUT2D eigenvalue weighted by Gasteiger charge is 2.26. The van der Waals surface area contributed by atoms with Crippen molar-refractivity contribution in [3.05, 3.63) is 29.6 Å². The molecule has 0 heterocycles. The molecular formula is C14H21FN2O2. The van der Waals surface area contributed by atoms with Gasteiger partial charge in [0.1, 0.15) is 11.6 Å². The Morgan fingerprint density at radius 1 is 1.47 bits per heavy atom. The average Bonchev–Trinajstić information content (AvgIpc) is 2.30. The molecule has 0 radical (unpaired) electrons. The maximum absolute atomic E-state index is 13.1. The average molecular weight is 268 g/mol. The van der Waals surface area contributed by atoms with Gasteiger partial charge in [0.15, 0.2) is 0 Å². The number of amides is 1. The molecule has 0 saturated heterocycles. The van der Waals surface area contributed by atoms with Gasteiger partial charge in [-0.05, 0) is 36.6 Å². The second-order valence-electron chi connectivity index (χ2n) is 5.63. The van der Waals surface area contributed by atoms with E-state index in [2.05, 4.69) is 5.32 Å². The molecule has 5 heteroatoms. The Kier molecular flexibility index (Phi) is 4.89. The van der Waals surface area contributed by atoms with Gasteiger partial charge in [0.2, 0.25) is 0 Å². The fourth-order valence-electron chi connectivity index (χ4n) is 1.81. The monoisotopic (exact) mass is 268 g/mol. The van der Waals surface area contributed by atoms with Gasteiger partial charge in [-0.1, -0.05) is 20.8 Å². The molecule has 1 unspecified atom stereocenters. The lowest BCUT2D eigenvalue weighted by molar-refractivity contribution is 0.0895. The van der Waals surface area contributed by atoms with Crippen molar-refractivity contribution in [3.63, 3.8) is 0 Å². The number of phenols is 1. The summed E-state index contributed by atoms with van der Waals surface area (Å²) in [5, 5.41) is 12.4. The van der Waals surface area contributed by atoms with Gasteiger partial charge in [0.05, 0.1) is 5.56 Å². The first kappa shape index (κ1) is 15.4. The summed E-state index contributed by atoms with van der Waals surface area (Å²) in [5.74, 6) is -1.29. The molecular weight excluding hydrogens is 247 g/mol. The fraction of sp³-hybridized carbons (Fsp3) is 0.500. The molecule has 0 saturated carbocycles. The predicted molar refractivity (Wildman–Crippen MR) is 72.4 cm³/mol. The molecule has 1 amide bonds. The van der Waals surface area contributed by atoms with Crippen molar-refractivity contribution in [3.8, 4) is 5.75 Å². The van der Waals surface area contributed by atoms with Crippen molar-refractivity contribution in [1.29, 1.82) is 0 Å². The molecule has 106 valence electrons. The van der Waals surface area contributed by atoms with Crippen LogP contribution in [0.5, 0.6) is 5.75 Å². The Morgan fingerprint density at radius 3 is 2.63 bits per heavy atom. The summed E-state index contributed by atoms with van der Waals surface area (Å²) >= 11 is 0. The minimum atomic E-state index is -0.561. The van der Waals surface area contributed by atoms with E-state index in [4.69, 9.17) is 5.73 Å². The third-order valence-corrected chi connectivity index (χ3v) is 3.01. The van der Waals surface area contributed by atoms with Gasteiger partial charge in [0, 0.05) is 6.04 Å². The summed E-state index contributed by atoms with van der Waals surface area (Å²) < 4.78 is 13.1. The van der Waals surface area contributed by atoms with Crippen molar-refractivity contribution in [2.75, 3.05) is 6.54 Å². The van der Waals surface area contributed by atoms with Gasteiger partial charge in [-0.2, -0.15) is 0 Å². The van der Waals surface area contributed by atoms with Crippen molar-refractivity contribution in [2.24, 2.45) is 11.1 Å². The van der Waals surface area contributed by atoms with Crippen LogP contribution in [0.2, 0.25) is 0 Å². The van der Waals surface area contributed by atoms with Crippen LogP contribution >= 0.6 is 0 Å². The van der Waals surface area contributed by atoms with Crippen molar-refractivity contribution in [2.45, 2.75) is 33.2 Å². The molecule has 1 rings (SSSR count). The van der Waals surface area contributed by atoms with Gasteiger partial charge >= 0.3 is 0 Å². The zero-order chi connectivity index (χ0) is 14.6. The summed E-state index contributed by atoms with van der Waals surface area (Å²) in [5.41, 5.74) is 5.30. The molecule has 19 heavy (non-hydrogen) atoms. The number of hydrogen-bond acceptors (Lipinski definition) is 3. The first-order chi connectivity index (χ1) is 8.75. The molecule has 0 aliphatic heterocycles. The number of hydrogen-bond donors (Lipinski definition) is 3. The van der Waals surface area contributed by atoms with Crippen LogP contribution in [0.3, 0.4) is 0 Å². The van der Waals surface area contributed by atoms with Gasteiger partial charge in [-0.3, -0.25) is 4.79 Å². The van der Waals surface area contributed by atoms with Crippen molar-refractivity contribution >= 4 is 5.91 Å². The maximum Gasteiger partial charge on any atom is 0.255 e. The van der Waals surface area contributed by atoms with E-state index in [1.807, 2.05) is 20.8 Å². The highest BCUT2D eigenvalue weighted by molar-refractivity contribution is 5.97. The fourth-order valence-corrected chi connectivity index (χ4v) is 1.81. The third-order valence-electron chi connectivity index (χ3n) is 3.01. The van der Waals surface area contributed by atoms with Crippen molar-refractivity contribution in [1.82, 2.24) is 5.32 Å². The third kappa shape index (κ3) is 4.21. The van der Waals surface area contributed by atoms with Crippen LogP contribution in [0, 0.1) is 11.2 Å². The molecule has 1 atom stereocenters. The lowest BCUT2D eigenvalue weighted by atomic mass is 9.84. The standard InChI is InChI=1S/C14H21FN2O2/c1-14(2,3)12(6-7-16)17-13(19)10-8-9(15)4-5-11(10)18/h4-5,8,12,18H,6-7,16H2,1-3H3,(H,17,19). The largest absolute Gasteiger partial charge is 0.507 e. The lowest BCUT2D eigenvalue weighted by Gasteiger charge is -2.31. The Morgan fingerprint density at radius 2 is 2.11 bits per heavy atom. The molecule has 0 spiro atoms. The first-order valence-electron chi connectivity index (χ1n) is 6.25. The van der Waals surface area contributed by atoms with E-state index in [0.29, 0.717) is 13.0 Å². The summed E-state index contributed by atoms with van der Waals surface area (Å²) in [6.07, 6.45) is 0.616. The van der Waals surface area contributed by atoms with Crippen LogP contribution in [-0.2, 0) is 0 Å². The van der Waals surface area contributed by atoms with E-state index in [1.54, 1.807) is 0 Å². The number of phenolic OH excluding ortho intramolecular Hbond substituents is 1. The van der Waals surface area contributed by atoms with Crippen LogP contribution < -0.4 is 11.1 Å². The topological polar surface area (TPSA) is 75.3 Å². The number of benzene rings is 1. The highest BCUT2D eigenvalue weighted by atomic mass is 19.1. The van der Waals surface area contributed by atoms with E-state index in [9.17, 15) is 14.3 Å². The highest BCUT2D eigenvalue weighted by Crippen LogP contribution is 2.23. The Hall–Kier alpha value is -1.62. The van der Waals surface area contributed by atoms with Crippen LogP contribution in [-0.4, -0.2) is 23.6 Å². The molecule has 0 aromatic heterocycles. The number of carbonyl (C=O) groups excluding carboxylic acids is 1. The van der Waals surface area contributed by atoms with E-state index < -0.39 is 11.7 Å². The van der Waals surface area contributed by atoms with Crippen LogP contribution in [0.15, 0.2) is 18.2 Å². The van der Waals surface area contributed by atoms with E-state index >= 15 is 0 Å². The number of nitrogens with two attached hydrogens (primary N) is 1. The molecule has 1 aromatic rings. The number of rotatable bonds is 4. The molecule has 4 nitrogen and oxygen atoms in total. The summed E-state index contributed by atoms with van der Waals surface area (Å²) in [4.78, 5) is 12.1. The molecule has 0 aliphatic rings. The molecule has 1 aromatic carbocycles. The van der Waals surface area contributed by atoms with Crippen LogP contribution in [0.4, 0.5) is 4.39 Å². The van der Waals surface area contributed by atoms with Crippen molar-refractivity contribution < 1.29 is 14.3 Å². The quantitative estimate of drug-likeness (QED) is 0.782. The number of halogens is 1. The summed E-state index contributed by atoms with van der Waals surface area (Å²) in [7, 11) is 0. The van der Waals surface area contributed by atoms with E-state index in [0.717, 1.165) is 12.1 Å². The van der Waals surface area contributed by atoms with Gasteiger partial charge in [0.25, 0.3) is 5.91 Å². The van der Waals surface area contributed by atoms with E-state index in [-0.39, 0.29) is 22.8 Å². The van der Waals surface area contributed by atoms with Crippen LogP contribution in [0.25, 0.3) is 0 Å². The minimum Gasteiger partial charge on any atom is -0.507 e. The second kappa shape index (κ2) is 6.02. The Bertz CT molecular complexity index is 455. The van der Waals surface area contributed by atoms with Gasteiger partial charge < -0.3 is 16.2 Å². The first-order valence-corrected chi connectivity index (χ1v) is 6.25. The molecule has 4 N–H and O–H groups in total. The number of carbonyl (C=O) groups is 1. The zero-order valence-corrected chi connectivity index (χ0v) is 11.5.